The topological polar surface area (TPSA) is 111 Å². The Kier molecular flexibility index (Phi) is 7.78. The first kappa shape index (κ1) is 22.9. The number of benzene rings is 2. The van der Waals surface area contributed by atoms with Crippen LogP contribution in [0.25, 0.3) is 0 Å². The Morgan fingerprint density at radius 2 is 1.84 bits per heavy atom. The van der Waals surface area contributed by atoms with Crippen LogP contribution >= 0.6 is 0 Å². The van der Waals surface area contributed by atoms with Crippen LogP contribution in [0.3, 0.4) is 0 Å². The molecule has 1 heterocycles. The van der Waals surface area contributed by atoms with Crippen LogP contribution in [0.15, 0.2) is 59.5 Å². The molecule has 0 bridgehead atoms. The maximum Gasteiger partial charge on any atom is 0.307 e. The molecule has 1 saturated heterocycles. The van der Waals surface area contributed by atoms with Crippen molar-refractivity contribution in [1.29, 1.82) is 0 Å². The third-order valence-corrected chi connectivity index (χ3v) is 6.50. The van der Waals surface area contributed by atoms with Gasteiger partial charge >= 0.3 is 5.97 Å². The highest BCUT2D eigenvalue weighted by Gasteiger charge is 2.22. The lowest BCUT2D eigenvalue weighted by Gasteiger charge is -2.18. The van der Waals surface area contributed by atoms with Gasteiger partial charge in [-0.15, -0.1) is 0 Å². The predicted molar refractivity (Wildman–Crippen MR) is 114 cm³/mol. The second kappa shape index (κ2) is 10.5. The summed E-state index contributed by atoms with van der Waals surface area (Å²) in [6.07, 6.45) is 1.63. The zero-order chi connectivity index (χ0) is 22.3. The minimum Gasteiger partial charge on any atom is -0.469 e. The van der Waals surface area contributed by atoms with Crippen molar-refractivity contribution >= 4 is 21.9 Å². The molecule has 0 radical (unpaired) electrons. The molecule has 0 aromatic heterocycles. The van der Waals surface area contributed by atoms with Crippen LogP contribution in [0, 0.1) is 0 Å². The molecule has 3 rings (SSSR count). The maximum absolute atomic E-state index is 12.7. The van der Waals surface area contributed by atoms with Crippen LogP contribution in [0.1, 0.15) is 41.2 Å². The number of amides is 1. The normalized spacial score (nSPS) is 17.1. The van der Waals surface area contributed by atoms with E-state index in [2.05, 4.69) is 10.0 Å². The molecule has 0 saturated carbocycles. The van der Waals surface area contributed by atoms with Gasteiger partial charge in [0, 0.05) is 18.7 Å². The van der Waals surface area contributed by atoms with Crippen molar-refractivity contribution in [3.63, 3.8) is 0 Å². The van der Waals surface area contributed by atoms with Gasteiger partial charge in [0.1, 0.15) is 0 Å². The molecule has 2 aromatic rings. The molecule has 8 nitrogen and oxygen atoms in total. The number of hydrogen-bond donors (Lipinski definition) is 2. The predicted octanol–water partition coefficient (Wildman–Crippen LogP) is 2.18. The van der Waals surface area contributed by atoms with E-state index in [1.54, 1.807) is 0 Å². The van der Waals surface area contributed by atoms with Crippen LogP contribution < -0.4 is 10.0 Å². The number of ether oxygens (including phenoxy) is 2. The minimum atomic E-state index is -3.70. The van der Waals surface area contributed by atoms with Crippen molar-refractivity contribution < 1.29 is 27.5 Å². The van der Waals surface area contributed by atoms with E-state index in [9.17, 15) is 18.0 Å². The molecule has 0 spiro atoms. The first-order chi connectivity index (χ1) is 14.9. The van der Waals surface area contributed by atoms with Gasteiger partial charge in [0.25, 0.3) is 5.91 Å². The van der Waals surface area contributed by atoms with Crippen molar-refractivity contribution in [3.8, 4) is 0 Å². The molecule has 2 atom stereocenters. The number of carbonyl (C=O) groups excluding carboxylic acids is 2. The molecule has 0 aliphatic carbocycles. The van der Waals surface area contributed by atoms with Crippen molar-refractivity contribution in [2.24, 2.45) is 0 Å². The first-order valence-corrected chi connectivity index (χ1v) is 11.5. The molecule has 2 aromatic carbocycles. The van der Waals surface area contributed by atoms with E-state index in [0.717, 1.165) is 18.4 Å². The largest absolute Gasteiger partial charge is 0.469 e. The molecule has 31 heavy (non-hydrogen) atoms. The highest BCUT2D eigenvalue weighted by atomic mass is 32.2. The number of hydrogen-bond acceptors (Lipinski definition) is 6. The van der Waals surface area contributed by atoms with Crippen molar-refractivity contribution in [3.05, 3.63) is 65.7 Å². The van der Waals surface area contributed by atoms with Gasteiger partial charge in [0.05, 0.1) is 30.6 Å². The van der Waals surface area contributed by atoms with Gasteiger partial charge in [-0.3, -0.25) is 9.59 Å². The lowest BCUT2D eigenvalue weighted by Crippen LogP contribution is -2.32. The highest BCUT2D eigenvalue weighted by Crippen LogP contribution is 2.19. The standard InChI is InChI=1S/C22H26N2O6S/c1-29-21(25)14-20(16-6-3-2-4-7-16)24-22(26)17-9-11-19(12-10-17)31(27,28)23-15-18-8-5-13-30-18/h2-4,6-7,9-12,18,20,23H,5,8,13-15H2,1H3,(H,24,26). The zero-order valence-corrected chi connectivity index (χ0v) is 18.1. The number of nitrogens with one attached hydrogen (secondary N) is 2. The molecule has 166 valence electrons. The van der Waals surface area contributed by atoms with Crippen LogP contribution in [0.4, 0.5) is 0 Å². The summed E-state index contributed by atoms with van der Waals surface area (Å²) in [4.78, 5) is 24.5. The summed E-state index contributed by atoms with van der Waals surface area (Å²) in [6.45, 7) is 0.868. The third kappa shape index (κ3) is 6.36. The minimum absolute atomic E-state index is 0.0220. The summed E-state index contributed by atoms with van der Waals surface area (Å²) in [6, 6.07) is 14.2. The summed E-state index contributed by atoms with van der Waals surface area (Å²) in [5.41, 5.74) is 1.04. The Bertz CT molecular complexity index is 986. The number of rotatable bonds is 9. The summed E-state index contributed by atoms with van der Waals surface area (Å²) in [7, 11) is -2.41. The van der Waals surface area contributed by atoms with E-state index in [0.29, 0.717) is 6.61 Å². The molecule has 2 N–H and O–H groups in total. The molecule has 1 aliphatic rings. The molecule has 1 aliphatic heterocycles. The van der Waals surface area contributed by atoms with Gasteiger partial charge in [0.2, 0.25) is 10.0 Å². The Morgan fingerprint density at radius 3 is 2.45 bits per heavy atom. The Morgan fingerprint density at radius 1 is 1.13 bits per heavy atom. The molecule has 9 heteroatoms. The van der Waals surface area contributed by atoms with Crippen LogP contribution in [0.5, 0.6) is 0 Å². The highest BCUT2D eigenvalue weighted by molar-refractivity contribution is 7.89. The van der Waals surface area contributed by atoms with Crippen molar-refractivity contribution in [2.75, 3.05) is 20.3 Å². The van der Waals surface area contributed by atoms with Crippen LogP contribution in [-0.2, 0) is 24.3 Å². The average Bonchev–Trinajstić information content (AvgIpc) is 3.31. The quantitative estimate of drug-likeness (QED) is 0.571. The fourth-order valence-corrected chi connectivity index (χ4v) is 4.37. The number of carbonyl (C=O) groups is 2. The Balaban J connectivity index is 1.67. The van der Waals surface area contributed by atoms with E-state index >= 15 is 0 Å². The molecule has 1 fully saturated rings. The molecular formula is C22H26N2O6S. The SMILES string of the molecule is COC(=O)CC(NC(=O)c1ccc(S(=O)(=O)NCC2CCCO2)cc1)c1ccccc1. The fraction of sp³-hybridized carbons (Fsp3) is 0.364. The van der Waals surface area contributed by atoms with Gasteiger partial charge in [-0.05, 0) is 42.7 Å². The van der Waals surface area contributed by atoms with E-state index in [-0.39, 0.29) is 29.5 Å². The second-order valence-corrected chi connectivity index (χ2v) is 9.00. The summed E-state index contributed by atoms with van der Waals surface area (Å²) in [5.74, 6) is -0.873. The van der Waals surface area contributed by atoms with Gasteiger partial charge in [-0.1, -0.05) is 30.3 Å². The van der Waals surface area contributed by atoms with Crippen LogP contribution in [0.2, 0.25) is 0 Å². The smallest absolute Gasteiger partial charge is 0.307 e. The summed E-state index contributed by atoms with van der Waals surface area (Å²) < 4.78 is 37.6. The van der Waals surface area contributed by atoms with Crippen molar-refractivity contribution in [2.45, 2.75) is 36.3 Å². The first-order valence-electron chi connectivity index (χ1n) is 10.0. The van der Waals surface area contributed by atoms with Gasteiger partial charge < -0.3 is 14.8 Å². The van der Waals surface area contributed by atoms with Gasteiger partial charge in [-0.25, -0.2) is 13.1 Å². The molecule has 2 unspecified atom stereocenters. The van der Waals surface area contributed by atoms with Crippen molar-refractivity contribution in [1.82, 2.24) is 10.0 Å². The maximum atomic E-state index is 12.7. The summed E-state index contributed by atoms with van der Waals surface area (Å²) >= 11 is 0. The average molecular weight is 447 g/mol. The van der Waals surface area contributed by atoms with Crippen LogP contribution in [-0.4, -0.2) is 46.7 Å². The lowest BCUT2D eigenvalue weighted by atomic mass is 10.0. The molecular weight excluding hydrogens is 420 g/mol. The van der Waals surface area contributed by atoms with E-state index < -0.39 is 27.9 Å². The number of esters is 1. The lowest BCUT2D eigenvalue weighted by molar-refractivity contribution is -0.141. The summed E-state index contributed by atoms with van der Waals surface area (Å²) in [5, 5.41) is 2.81. The number of methoxy groups -OCH3 is 1. The van der Waals surface area contributed by atoms with E-state index in [4.69, 9.17) is 9.47 Å². The Labute approximate surface area is 182 Å². The van der Waals surface area contributed by atoms with Gasteiger partial charge in [-0.2, -0.15) is 0 Å². The Hall–Kier alpha value is -2.75. The number of sulfonamides is 1. The van der Waals surface area contributed by atoms with Gasteiger partial charge in [0.15, 0.2) is 0 Å². The zero-order valence-electron chi connectivity index (χ0n) is 17.2. The second-order valence-electron chi connectivity index (χ2n) is 7.23. The van der Waals surface area contributed by atoms with E-state index in [1.165, 1.54) is 31.4 Å². The third-order valence-electron chi connectivity index (χ3n) is 5.06. The van der Waals surface area contributed by atoms with E-state index in [1.807, 2.05) is 30.3 Å². The fourth-order valence-electron chi connectivity index (χ4n) is 3.31. The molecule has 1 amide bonds. The monoisotopic (exact) mass is 446 g/mol.